The molecule has 0 N–H and O–H groups in total. The molecule has 5 heteroatoms. The van der Waals surface area contributed by atoms with Crippen molar-refractivity contribution in [3.63, 3.8) is 0 Å². The third-order valence-corrected chi connectivity index (χ3v) is 11.5. The highest BCUT2D eigenvalue weighted by molar-refractivity contribution is 5.70. The number of esters is 2. The second kappa shape index (κ2) is 49.7. The number of unbranched alkanes of at least 4 members (excludes halogenated alkanes) is 33. The molecular formula is C53H100O5. The van der Waals surface area contributed by atoms with E-state index in [9.17, 15) is 9.59 Å². The van der Waals surface area contributed by atoms with Gasteiger partial charge in [0.15, 0.2) is 6.10 Å². The molecular weight excluding hydrogens is 717 g/mol. The van der Waals surface area contributed by atoms with Crippen LogP contribution in [0.5, 0.6) is 0 Å². The maximum Gasteiger partial charge on any atom is 0.306 e. The van der Waals surface area contributed by atoms with Crippen molar-refractivity contribution in [3.05, 3.63) is 24.3 Å². The molecule has 0 saturated heterocycles. The lowest BCUT2D eigenvalue weighted by molar-refractivity contribution is -0.163. The summed E-state index contributed by atoms with van der Waals surface area (Å²) in [4.78, 5) is 25.2. The average molecular weight is 817 g/mol. The first-order chi connectivity index (χ1) is 28.6. The van der Waals surface area contributed by atoms with Crippen LogP contribution in [0.15, 0.2) is 24.3 Å². The van der Waals surface area contributed by atoms with Crippen molar-refractivity contribution >= 4 is 11.9 Å². The van der Waals surface area contributed by atoms with Gasteiger partial charge in [-0.3, -0.25) is 9.59 Å². The highest BCUT2D eigenvalue weighted by Crippen LogP contribution is 2.15. The Morgan fingerprint density at radius 3 is 1.05 bits per heavy atom. The number of hydrogen-bond acceptors (Lipinski definition) is 5. The minimum atomic E-state index is -0.531. The van der Waals surface area contributed by atoms with Gasteiger partial charge in [0.1, 0.15) is 6.61 Å². The Labute approximate surface area is 362 Å². The Balaban J connectivity index is 4.07. The lowest BCUT2D eigenvalue weighted by Crippen LogP contribution is -2.30. The molecule has 0 amide bonds. The predicted octanol–water partition coefficient (Wildman–Crippen LogP) is 17.2. The van der Waals surface area contributed by atoms with Gasteiger partial charge in [0.2, 0.25) is 0 Å². The number of hydrogen-bond donors (Lipinski definition) is 0. The molecule has 0 aromatic rings. The summed E-state index contributed by atoms with van der Waals surface area (Å²) in [6.07, 6.45) is 57.7. The van der Waals surface area contributed by atoms with E-state index < -0.39 is 6.10 Å². The molecule has 1 unspecified atom stereocenters. The predicted molar refractivity (Wildman–Crippen MR) is 252 cm³/mol. The smallest absolute Gasteiger partial charge is 0.306 e. The van der Waals surface area contributed by atoms with Crippen molar-refractivity contribution in [3.8, 4) is 0 Å². The Hall–Kier alpha value is -1.62. The van der Waals surface area contributed by atoms with E-state index in [0.717, 1.165) is 44.9 Å². The van der Waals surface area contributed by atoms with Crippen molar-refractivity contribution < 1.29 is 23.8 Å². The van der Waals surface area contributed by atoms with E-state index in [1.54, 1.807) is 0 Å². The zero-order valence-corrected chi connectivity index (χ0v) is 39.3. The Morgan fingerprint density at radius 2 is 0.672 bits per heavy atom. The summed E-state index contributed by atoms with van der Waals surface area (Å²) in [7, 11) is 0. The molecule has 5 nitrogen and oxygen atoms in total. The molecule has 0 aliphatic rings. The van der Waals surface area contributed by atoms with Crippen LogP contribution in [0, 0.1) is 0 Å². The van der Waals surface area contributed by atoms with E-state index in [1.165, 1.54) is 199 Å². The summed E-state index contributed by atoms with van der Waals surface area (Å²) in [6.45, 7) is 7.81. The number of carbonyl (C=O) groups excluding carboxylic acids is 2. The molecule has 0 aliphatic heterocycles. The quantitative estimate of drug-likeness (QED) is 0.0348. The Bertz CT molecular complexity index is 882. The molecule has 0 aromatic carbocycles. The molecule has 0 aliphatic carbocycles. The minimum Gasteiger partial charge on any atom is -0.462 e. The van der Waals surface area contributed by atoms with Crippen molar-refractivity contribution in [2.75, 3.05) is 19.8 Å². The summed E-state index contributed by atoms with van der Waals surface area (Å²) in [6, 6.07) is 0. The van der Waals surface area contributed by atoms with Gasteiger partial charge in [-0.25, -0.2) is 0 Å². The van der Waals surface area contributed by atoms with E-state index in [-0.39, 0.29) is 18.5 Å². The van der Waals surface area contributed by atoms with Crippen LogP contribution in [-0.4, -0.2) is 37.9 Å². The van der Waals surface area contributed by atoms with E-state index >= 15 is 0 Å². The number of rotatable bonds is 48. The molecule has 0 saturated carbocycles. The van der Waals surface area contributed by atoms with Crippen LogP contribution in [0.3, 0.4) is 0 Å². The standard InChI is InChI=1S/C53H100O5/c1-4-7-10-13-16-18-20-22-24-25-26-27-28-30-32-34-36-39-42-45-48-56-49-51(58-53(55)47-44-41-37-15-12-9-6-3)50-57-52(54)46-43-40-38-35-33-31-29-23-21-19-17-14-11-8-5-2/h22-24,29,51H,4-21,25-28,30-50H2,1-3H3/b24-22-,29-23-. The highest BCUT2D eigenvalue weighted by Gasteiger charge is 2.17. The van der Waals surface area contributed by atoms with Gasteiger partial charge in [-0.1, -0.05) is 218 Å². The summed E-state index contributed by atoms with van der Waals surface area (Å²) in [5.74, 6) is -0.400. The first-order valence-electron chi connectivity index (χ1n) is 25.9. The highest BCUT2D eigenvalue weighted by atomic mass is 16.6. The molecule has 1 atom stereocenters. The van der Waals surface area contributed by atoms with Crippen molar-refractivity contribution in [2.45, 2.75) is 284 Å². The lowest BCUT2D eigenvalue weighted by Gasteiger charge is -2.18. The van der Waals surface area contributed by atoms with E-state index in [2.05, 4.69) is 45.1 Å². The van der Waals surface area contributed by atoms with Gasteiger partial charge in [0.25, 0.3) is 0 Å². The van der Waals surface area contributed by atoms with Crippen LogP contribution < -0.4 is 0 Å². The maximum atomic E-state index is 12.7. The second-order valence-corrected chi connectivity index (χ2v) is 17.4. The van der Waals surface area contributed by atoms with Crippen LogP contribution in [0.25, 0.3) is 0 Å². The van der Waals surface area contributed by atoms with Crippen LogP contribution in [0.4, 0.5) is 0 Å². The van der Waals surface area contributed by atoms with Gasteiger partial charge < -0.3 is 14.2 Å². The fourth-order valence-electron chi connectivity index (χ4n) is 7.56. The zero-order chi connectivity index (χ0) is 42.1. The fourth-order valence-corrected chi connectivity index (χ4v) is 7.56. The number of ether oxygens (including phenoxy) is 3. The summed E-state index contributed by atoms with van der Waals surface area (Å²) >= 11 is 0. The summed E-state index contributed by atoms with van der Waals surface area (Å²) in [5, 5.41) is 0. The first-order valence-corrected chi connectivity index (χ1v) is 25.9. The zero-order valence-electron chi connectivity index (χ0n) is 39.3. The van der Waals surface area contributed by atoms with Crippen molar-refractivity contribution in [2.24, 2.45) is 0 Å². The normalized spacial score (nSPS) is 12.3. The molecule has 0 heterocycles. The van der Waals surface area contributed by atoms with Gasteiger partial charge in [-0.15, -0.1) is 0 Å². The number of carbonyl (C=O) groups is 2. The monoisotopic (exact) mass is 817 g/mol. The van der Waals surface area contributed by atoms with Crippen LogP contribution in [0.2, 0.25) is 0 Å². The van der Waals surface area contributed by atoms with E-state index in [0.29, 0.717) is 26.1 Å². The molecule has 0 aromatic heterocycles. The molecule has 58 heavy (non-hydrogen) atoms. The third kappa shape index (κ3) is 47.1. The van der Waals surface area contributed by atoms with E-state index in [1.807, 2.05) is 0 Å². The molecule has 0 spiro atoms. The molecule has 0 radical (unpaired) electrons. The first kappa shape index (κ1) is 56.4. The lowest BCUT2D eigenvalue weighted by atomic mass is 10.1. The largest absolute Gasteiger partial charge is 0.462 e. The van der Waals surface area contributed by atoms with Gasteiger partial charge >= 0.3 is 11.9 Å². The average Bonchev–Trinajstić information content (AvgIpc) is 3.22. The molecule has 0 bridgehead atoms. The van der Waals surface area contributed by atoms with Crippen molar-refractivity contribution in [1.29, 1.82) is 0 Å². The van der Waals surface area contributed by atoms with Gasteiger partial charge in [0.05, 0.1) is 6.61 Å². The van der Waals surface area contributed by atoms with Gasteiger partial charge in [-0.2, -0.15) is 0 Å². The van der Waals surface area contributed by atoms with Crippen LogP contribution in [-0.2, 0) is 23.8 Å². The SMILES string of the molecule is CCCCCCCC/C=C\CCCCCCCCCCCCOCC(COC(=O)CCCCCCC/C=C\CCCCCCCC)OC(=O)CCCCCCCCC. The molecule has 0 rings (SSSR count). The summed E-state index contributed by atoms with van der Waals surface area (Å²) in [5.41, 5.74) is 0. The maximum absolute atomic E-state index is 12.7. The topological polar surface area (TPSA) is 61.8 Å². The fraction of sp³-hybridized carbons (Fsp3) is 0.887. The number of allylic oxidation sites excluding steroid dienone is 4. The third-order valence-electron chi connectivity index (χ3n) is 11.5. The Kier molecular flexibility index (Phi) is 48.4. The van der Waals surface area contributed by atoms with Gasteiger partial charge in [-0.05, 0) is 70.6 Å². The Morgan fingerprint density at radius 1 is 0.362 bits per heavy atom. The van der Waals surface area contributed by atoms with E-state index in [4.69, 9.17) is 14.2 Å². The van der Waals surface area contributed by atoms with Crippen LogP contribution >= 0.6 is 0 Å². The molecule has 0 fully saturated rings. The van der Waals surface area contributed by atoms with Crippen LogP contribution in [0.1, 0.15) is 278 Å². The minimum absolute atomic E-state index is 0.0859. The van der Waals surface area contributed by atoms with Crippen molar-refractivity contribution in [1.82, 2.24) is 0 Å². The molecule has 342 valence electrons. The van der Waals surface area contributed by atoms with Gasteiger partial charge in [0, 0.05) is 19.4 Å². The summed E-state index contributed by atoms with van der Waals surface area (Å²) < 4.78 is 17.3. The second-order valence-electron chi connectivity index (χ2n) is 17.4.